The number of methoxy groups -OCH3 is 1. The molecular formula is C24H22Cl2N2O5S. The largest absolute Gasteiger partial charge is 0.482 e. The molecule has 3 aromatic rings. The Morgan fingerprint density at radius 1 is 1.00 bits per heavy atom. The molecule has 178 valence electrons. The molecule has 2 aromatic carbocycles. The SMILES string of the molecule is COC(=O)c1c(NC(=O)COc2ccc(Cl)cc2Cl)sc(C(=O)Nc2cc(C)ccc2C)c1C. The monoisotopic (exact) mass is 520 g/mol. The lowest BCUT2D eigenvalue weighted by Crippen LogP contribution is -2.21. The van der Waals surface area contributed by atoms with Gasteiger partial charge in [0.1, 0.15) is 10.8 Å². The highest BCUT2D eigenvalue weighted by Gasteiger charge is 2.26. The van der Waals surface area contributed by atoms with Crippen molar-refractivity contribution in [2.45, 2.75) is 20.8 Å². The number of rotatable bonds is 7. The Morgan fingerprint density at radius 2 is 1.74 bits per heavy atom. The van der Waals surface area contributed by atoms with E-state index in [0.717, 1.165) is 22.5 Å². The number of carbonyl (C=O) groups excluding carboxylic acids is 3. The topological polar surface area (TPSA) is 93.7 Å². The lowest BCUT2D eigenvalue weighted by molar-refractivity contribution is -0.118. The van der Waals surface area contributed by atoms with E-state index in [-0.39, 0.29) is 32.8 Å². The zero-order valence-corrected chi connectivity index (χ0v) is 21.2. The van der Waals surface area contributed by atoms with E-state index in [1.807, 2.05) is 32.0 Å². The number of ether oxygens (including phenoxy) is 2. The number of halogens is 2. The number of benzene rings is 2. The zero-order chi connectivity index (χ0) is 25.0. The summed E-state index contributed by atoms with van der Waals surface area (Å²) in [6, 6.07) is 10.3. The predicted molar refractivity (Wildman–Crippen MR) is 135 cm³/mol. The summed E-state index contributed by atoms with van der Waals surface area (Å²) in [7, 11) is 1.23. The van der Waals surface area contributed by atoms with Crippen molar-refractivity contribution in [3.05, 3.63) is 73.6 Å². The maximum atomic E-state index is 13.0. The number of hydrogen-bond donors (Lipinski definition) is 2. The van der Waals surface area contributed by atoms with E-state index < -0.39 is 17.8 Å². The average molecular weight is 521 g/mol. The Labute approximate surface area is 211 Å². The van der Waals surface area contributed by atoms with Gasteiger partial charge in [-0.15, -0.1) is 11.3 Å². The van der Waals surface area contributed by atoms with Crippen LogP contribution in [0.25, 0.3) is 0 Å². The molecule has 0 aliphatic heterocycles. The highest BCUT2D eigenvalue weighted by atomic mass is 35.5. The van der Waals surface area contributed by atoms with E-state index in [1.54, 1.807) is 19.1 Å². The van der Waals surface area contributed by atoms with E-state index in [9.17, 15) is 14.4 Å². The summed E-state index contributed by atoms with van der Waals surface area (Å²) >= 11 is 12.9. The predicted octanol–water partition coefficient (Wildman–Crippen LogP) is 6.04. The molecule has 0 radical (unpaired) electrons. The number of esters is 1. The van der Waals surface area contributed by atoms with Gasteiger partial charge in [-0.05, 0) is 61.7 Å². The third kappa shape index (κ3) is 5.88. The maximum absolute atomic E-state index is 13.0. The maximum Gasteiger partial charge on any atom is 0.341 e. The first kappa shape index (κ1) is 25.6. The summed E-state index contributed by atoms with van der Waals surface area (Å²) in [5.74, 6) is -1.33. The van der Waals surface area contributed by atoms with Crippen molar-refractivity contribution in [1.29, 1.82) is 0 Å². The van der Waals surface area contributed by atoms with Crippen LogP contribution in [-0.2, 0) is 9.53 Å². The fraction of sp³-hybridized carbons (Fsp3) is 0.208. The molecule has 0 unspecified atom stereocenters. The summed E-state index contributed by atoms with van der Waals surface area (Å²) in [5.41, 5.74) is 3.06. The van der Waals surface area contributed by atoms with Crippen LogP contribution in [0.5, 0.6) is 5.75 Å². The molecule has 0 aliphatic rings. The quantitative estimate of drug-likeness (QED) is 0.370. The number of hydrogen-bond acceptors (Lipinski definition) is 6. The number of nitrogens with one attached hydrogen (secondary N) is 2. The van der Waals surface area contributed by atoms with Gasteiger partial charge in [-0.3, -0.25) is 9.59 Å². The molecule has 7 nitrogen and oxygen atoms in total. The Morgan fingerprint density at radius 3 is 2.41 bits per heavy atom. The lowest BCUT2D eigenvalue weighted by Gasteiger charge is -2.09. The molecule has 0 spiro atoms. The molecule has 0 aliphatic carbocycles. The second-order valence-electron chi connectivity index (χ2n) is 7.44. The molecule has 0 saturated heterocycles. The first-order chi connectivity index (χ1) is 16.1. The molecule has 10 heteroatoms. The van der Waals surface area contributed by atoms with E-state index in [4.69, 9.17) is 32.7 Å². The average Bonchev–Trinajstić information content (AvgIpc) is 3.10. The number of amides is 2. The van der Waals surface area contributed by atoms with Crippen LogP contribution in [0, 0.1) is 20.8 Å². The van der Waals surface area contributed by atoms with Crippen LogP contribution in [0.2, 0.25) is 10.0 Å². The second kappa shape index (κ2) is 10.9. The van der Waals surface area contributed by atoms with Crippen LogP contribution >= 0.6 is 34.5 Å². The summed E-state index contributed by atoms with van der Waals surface area (Å²) in [6.45, 7) is 5.06. The number of aryl methyl sites for hydroxylation is 2. The minimum Gasteiger partial charge on any atom is -0.482 e. The normalized spacial score (nSPS) is 10.5. The number of carbonyl (C=O) groups is 3. The summed E-state index contributed by atoms with van der Waals surface area (Å²) in [6.07, 6.45) is 0. The van der Waals surface area contributed by atoms with Crippen molar-refractivity contribution < 1.29 is 23.9 Å². The lowest BCUT2D eigenvalue weighted by atomic mass is 10.1. The third-order valence-electron chi connectivity index (χ3n) is 4.89. The van der Waals surface area contributed by atoms with Crippen molar-refractivity contribution in [3.63, 3.8) is 0 Å². The van der Waals surface area contributed by atoms with Crippen LogP contribution in [0.15, 0.2) is 36.4 Å². The van der Waals surface area contributed by atoms with Crippen molar-refractivity contribution in [3.8, 4) is 5.75 Å². The van der Waals surface area contributed by atoms with Crippen LogP contribution in [0.1, 0.15) is 36.7 Å². The van der Waals surface area contributed by atoms with Gasteiger partial charge in [-0.2, -0.15) is 0 Å². The van der Waals surface area contributed by atoms with E-state index in [1.165, 1.54) is 13.2 Å². The first-order valence-electron chi connectivity index (χ1n) is 10.1. The summed E-state index contributed by atoms with van der Waals surface area (Å²) in [5, 5.41) is 6.38. The molecule has 0 saturated carbocycles. The van der Waals surface area contributed by atoms with Gasteiger partial charge in [0.2, 0.25) is 0 Å². The van der Waals surface area contributed by atoms with Crippen molar-refractivity contribution in [1.82, 2.24) is 0 Å². The third-order valence-corrected chi connectivity index (χ3v) is 6.63. The Balaban J connectivity index is 1.81. The second-order valence-corrected chi connectivity index (χ2v) is 9.30. The van der Waals surface area contributed by atoms with Crippen molar-refractivity contribution >= 4 is 63.0 Å². The fourth-order valence-electron chi connectivity index (χ4n) is 3.11. The van der Waals surface area contributed by atoms with Gasteiger partial charge >= 0.3 is 5.97 Å². The van der Waals surface area contributed by atoms with Crippen LogP contribution in [0.4, 0.5) is 10.7 Å². The van der Waals surface area contributed by atoms with Gasteiger partial charge in [0, 0.05) is 10.7 Å². The van der Waals surface area contributed by atoms with E-state index in [2.05, 4.69) is 10.6 Å². The van der Waals surface area contributed by atoms with Crippen molar-refractivity contribution in [2.75, 3.05) is 24.4 Å². The Hall–Kier alpha value is -3.07. The minimum atomic E-state index is -0.670. The van der Waals surface area contributed by atoms with Crippen LogP contribution < -0.4 is 15.4 Å². The smallest absolute Gasteiger partial charge is 0.341 e. The molecule has 0 atom stereocenters. The van der Waals surface area contributed by atoms with Gasteiger partial charge in [-0.1, -0.05) is 35.3 Å². The molecule has 2 amide bonds. The highest BCUT2D eigenvalue weighted by molar-refractivity contribution is 7.19. The van der Waals surface area contributed by atoms with Gasteiger partial charge in [0.05, 0.1) is 22.6 Å². The number of anilines is 2. The Kier molecular flexibility index (Phi) is 8.19. The van der Waals surface area contributed by atoms with E-state index in [0.29, 0.717) is 16.3 Å². The molecule has 1 heterocycles. The Bertz CT molecular complexity index is 1270. The van der Waals surface area contributed by atoms with Gasteiger partial charge in [0.15, 0.2) is 6.61 Å². The van der Waals surface area contributed by atoms with Gasteiger partial charge in [-0.25, -0.2) is 4.79 Å². The molecule has 3 rings (SSSR count). The standard InChI is InChI=1S/C24H22Cl2N2O5S/c1-12-5-6-13(2)17(9-12)27-22(30)21-14(3)20(24(31)32-4)23(34-21)28-19(29)11-33-18-8-7-15(25)10-16(18)26/h5-10H,11H2,1-4H3,(H,27,30)(H,28,29). The summed E-state index contributed by atoms with van der Waals surface area (Å²) < 4.78 is 10.3. The molecular weight excluding hydrogens is 499 g/mol. The fourth-order valence-corrected chi connectivity index (χ4v) is 4.68. The molecule has 0 fully saturated rings. The molecule has 1 aromatic heterocycles. The zero-order valence-electron chi connectivity index (χ0n) is 18.9. The molecule has 34 heavy (non-hydrogen) atoms. The highest BCUT2D eigenvalue weighted by Crippen LogP contribution is 2.35. The van der Waals surface area contributed by atoms with Gasteiger partial charge < -0.3 is 20.1 Å². The minimum absolute atomic E-state index is 0.108. The number of thiophene rings is 1. The molecule has 0 bridgehead atoms. The summed E-state index contributed by atoms with van der Waals surface area (Å²) in [4.78, 5) is 38.3. The first-order valence-corrected chi connectivity index (χ1v) is 11.7. The molecule has 2 N–H and O–H groups in total. The van der Waals surface area contributed by atoms with E-state index >= 15 is 0 Å². The van der Waals surface area contributed by atoms with Crippen LogP contribution in [-0.4, -0.2) is 31.5 Å². The van der Waals surface area contributed by atoms with Crippen LogP contribution in [0.3, 0.4) is 0 Å². The van der Waals surface area contributed by atoms with Crippen molar-refractivity contribution in [2.24, 2.45) is 0 Å². The van der Waals surface area contributed by atoms with Gasteiger partial charge in [0.25, 0.3) is 11.8 Å².